The molecule has 0 radical (unpaired) electrons. The number of hydrogen-bond donors (Lipinski definition) is 2. The molecular weight excluding hydrogens is 418 g/mol. The van der Waals surface area contributed by atoms with E-state index in [1.165, 1.54) is 5.57 Å². The summed E-state index contributed by atoms with van der Waals surface area (Å²) in [5.41, 5.74) is -0.640. The van der Waals surface area contributed by atoms with Crippen LogP contribution in [0.25, 0.3) is 0 Å². The predicted octanol–water partition coefficient (Wildman–Crippen LogP) is 4.07. The summed E-state index contributed by atoms with van der Waals surface area (Å²) in [4.78, 5) is 12.1. The maximum Gasteiger partial charge on any atom is 0.282 e. The molecule has 8 atom stereocenters. The molecule has 2 N–H and O–H groups in total. The Morgan fingerprint density at radius 1 is 1.37 bits per heavy atom. The molecule has 0 aromatic rings. The van der Waals surface area contributed by atoms with E-state index in [4.69, 9.17) is 21.3 Å². The number of ketones is 1. The van der Waals surface area contributed by atoms with Crippen LogP contribution in [0.2, 0.25) is 13.1 Å². The molecule has 0 bridgehead atoms. The third-order valence-corrected chi connectivity index (χ3v) is 13.7. The Morgan fingerprint density at radius 2 is 2.07 bits per heavy atom. The standard InChI is InChI=1S/C23H34ClNO4Si/c1-21-9-7-15(26)11-14(21)5-6-16-17-8-10-23(28,20(24)30(3,4)29-13-25)22(17,2)12-18(27)19(16)21/h5,16-20,27-28H,6-12H2,1-4H3/t16?,17?,18-,19?,20?,21-,22-,23-/m0/s1. The largest absolute Gasteiger partial charge is 0.481 e. The van der Waals surface area contributed by atoms with Crippen LogP contribution in [0.15, 0.2) is 11.6 Å². The predicted molar refractivity (Wildman–Crippen MR) is 117 cm³/mol. The molecule has 4 rings (SSSR count). The van der Waals surface area contributed by atoms with Crippen molar-refractivity contribution >= 4 is 25.7 Å². The number of hydrogen-bond acceptors (Lipinski definition) is 5. The van der Waals surface area contributed by atoms with Crippen molar-refractivity contribution in [1.82, 2.24) is 0 Å². The molecule has 0 saturated heterocycles. The Bertz CT molecular complexity index is 825. The number of aliphatic hydroxyl groups excluding tert-OH is 1. The van der Waals surface area contributed by atoms with E-state index >= 15 is 0 Å². The molecule has 0 aromatic carbocycles. The van der Waals surface area contributed by atoms with Crippen LogP contribution in [0.5, 0.6) is 0 Å². The van der Waals surface area contributed by atoms with Crippen molar-refractivity contribution in [2.24, 2.45) is 28.6 Å². The van der Waals surface area contributed by atoms with Crippen LogP contribution in [0.1, 0.15) is 58.8 Å². The number of nitriles is 1. The number of carbonyl (C=O) groups is 1. The van der Waals surface area contributed by atoms with E-state index in [2.05, 4.69) is 19.9 Å². The lowest BCUT2D eigenvalue weighted by molar-refractivity contribution is -0.164. The molecule has 0 spiro atoms. The number of halogens is 1. The van der Waals surface area contributed by atoms with E-state index < -0.39 is 30.4 Å². The molecule has 5 nitrogen and oxygen atoms in total. The molecule has 4 aliphatic rings. The third-order valence-electron chi connectivity index (χ3n) is 9.42. The van der Waals surface area contributed by atoms with Gasteiger partial charge in [-0.05, 0) is 68.4 Å². The Morgan fingerprint density at radius 3 is 2.73 bits per heavy atom. The number of fused-ring (bicyclic) bond motifs is 5. The summed E-state index contributed by atoms with van der Waals surface area (Å²) in [6.45, 7) is 8.07. The highest BCUT2D eigenvalue weighted by molar-refractivity contribution is 6.80. The monoisotopic (exact) mass is 451 g/mol. The van der Waals surface area contributed by atoms with Gasteiger partial charge >= 0.3 is 0 Å². The summed E-state index contributed by atoms with van der Waals surface area (Å²) in [5, 5.41) is 31.9. The first-order valence-corrected chi connectivity index (χ1v) is 14.7. The quantitative estimate of drug-likeness (QED) is 0.292. The molecule has 0 heterocycles. The van der Waals surface area contributed by atoms with Crippen molar-refractivity contribution in [2.75, 3.05) is 0 Å². The molecular formula is C23H34ClNO4Si. The van der Waals surface area contributed by atoms with Gasteiger partial charge in [-0.15, -0.1) is 11.6 Å². The van der Waals surface area contributed by atoms with Gasteiger partial charge in [0.25, 0.3) is 14.6 Å². The van der Waals surface area contributed by atoms with Gasteiger partial charge < -0.3 is 14.6 Å². The highest BCUT2D eigenvalue weighted by Gasteiger charge is 2.69. The fourth-order valence-electron chi connectivity index (χ4n) is 7.81. The minimum atomic E-state index is -2.66. The fourth-order valence-corrected chi connectivity index (χ4v) is 10.3. The molecule has 3 saturated carbocycles. The Kier molecular flexibility index (Phi) is 5.26. The van der Waals surface area contributed by atoms with Gasteiger partial charge in [0.2, 0.25) is 0 Å². The molecule has 0 aliphatic heterocycles. The van der Waals surface area contributed by atoms with E-state index in [0.29, 0.717) is 31.5 Å². The SMILES string of the molecule is C[C@]12CCC(=O)CC1=CCC1C2[C@@H](O)C[C@@]2(C)C1CC[C@]2(O)C(Cl)[Si](C)(C)OC#N. The van der Waals surface area contributed by atoms with Gasteiger partial charge in [-0.25, -0.2) is 0 Å². The average Bonchev–Trinajstić information content (AvgIpc) is 2.93. The second-order valence-corrected chi connectivity index (χ2v) is 16.0. The first-order chi connectivity index (χ1) is 13.9. The highest BCUT2D eigenvalue weighted by atomic mass is 35.5. The van der Waals surface area contributed by atoms with Crippen LogP contribution in [0.4, 0.5) is 0 Å². The van der Waals surface area contributed by atoms with Gasteiger partial charge in [0, 0.05) is 18.3 Å². The second-order valence-electron chi connectivity index (χ2n) is 11.2. The summed E-state index contributed by atoms with van der Waals surface area (Å²) >= 11 is 6.89. The van der Waals surface area contributed by atoms with Crippen LogP contribution in [-0.4, -0.2) is 41.0 Å². The summed E-state index contributed by atoms with van der Waals surface area (Å²) < 4.78 is 5.37. The van der Waals surface area contributed by atoms with Gasteiger partial charge in [-0.2, -0.15) is 5.26 Å². The van der Waals surface area contributed by atoms with Crippen molar-refractivity contribution in [2.45, 2.75) is 88.6 Å². The fraction of sp³-hybridized carbons (Fsp3) is 0.826. The van der Waals surface area contributed by atoms with E-state index in [0.717, 1.165) is 19.3 Å². The number of carbonyl (C=O) groups excluding carboxylic acids is 1. The van der Waals surface area contributed by atoms with E-state index in [9.17, 15) is 15.0 Å². The van der Waals surface area contributed by atoms with Gasteiger partial charge in [-0.3, -0.25) is 4.79 Å². The molecule has 0 amide bonds. The Labute approximate surface area is 185 Å². The minimum Gasteiger partial charge on any atom is -0.481 e. The van der Waals surface area contributed by atoms with Crippen molar-refractivity contribution in [3.05, 3.63) is 11.6 Å². The van der Waals surface area contributed by atoms with Crippen LogP contribution >= 0.6 is 11.6 Å². The number of Topliss-reactive ketones (excluding diaryl/α,β-unsaturated/α-hetero) is 1. The second kappa shape index (κ2) is 7.06. The molecule has 7 heteroatoms. The van der Waals surface area contributed by atoms with E-state index in [-0.39, 0.29) is 23.2 Å². The molecule has 4 unspecified atom stereocenters. The molecule has 30 heavy (non-hydrogen) atoms. The van der Waals surface area contributed by atoms with Crippen molar-refractivity contribution in [1.29, 1.82) is 5.26 Å². The van der Waals surface area contributed by atoms with Crippen molar-refractivity contribution in [3.63, 3.8) is 0 Å². The molecule has 0 aromatic heterocycles. The van der Waals surface area contributed by atoms with E-state index in [1.807, 2.05) is 13.1 Å². The van der Waals surface area contributed by atoms with Crippen LogP contribution in [0, 0.1) is 40.1 Å². The van der Waals surface area contributed by atoms with Crippen LogP contribution < -0.4 is 0 Å². The number of alkyl halides is 1. The van der Waals surface area contributed by atoms with Gasteiger partial charge in [0.1, 0.15) is 5.78 Å². The zero-order valence-corrected chi connectivity index (χ0v) is 20.2. The topological polar surface area (TPSA) is 90.6 Å². The van der Waals surface area contributed by atoms with Crippen LogP contribution in [-0.2, 0) is 9.22 Å². The number of allylic oxidation sites excluding steroid dienone is 2. The molecule has 166 valence electrons. The van der Waals surface area contributed by atoms with Crippen LogP contribution in [0.3, 0.4) is 0 Å². The minimum absolute atomic E-state index is 0.111. The smallest absolute Gasteiger partial charge is 0.282 e. The number of nitrogens with zero attached hydrogens (tertiary/aromatic N) is 1. The zero-order chi connectivity index (χ0) is 22.1. The van der Waals surface area contributed by atoms with E-state index in [1.54, 1.807) is 6.26 Å². The summed E-state index contributed by atoms with van der Waals surface area (Å²) in [6.07, 6.45) is 8.17. The highest BCUT2D eigenvalue weighted by Crippen LogP contribution is 2.68. The lowest BCUT2D eigenvalue weighted by Crippen LogP contribution is -2.65. The Hall–Kier alpha value is -0.873. The lowest BCUT2D eigenvalue weighted by Gasteiger charge is -2.61. The normalized spacial score (nSPS) is 46.7. The summed E-state index contributed by atoms with van der Waals surface area (Å²) in [7, 11) is -2.66. The maximum absolute atomic E-state index is 12.1. The molecule has 4 aliphatic carbocycles. The van der Waals surface area contributed by atoms with Gasteiger partial charge in [0.05, 0.1) is 16.7 Å². The first-order valence-electron chi connectivity index (χ1n) is 11.2. The van der Waals surface area contributed by atoms with Crippen molar-refractivity contribution < 1.29 is 19.4 Å². The third kappa shape index (κ3) is 2.88. The average molecular weight is 452 g/mol. The lowest BCUT2D eigenvalue weighted by atomic mass is 9.46. The maximum atomic E-state index is 12.1. The summed E-state index contributed by atoms with van der Waals surface area (Å²) in [6, 6.07) is 0. The first kappa shape index (κ1) is 22.3. The van der Waals surface area contributed by atoms with Crippen molar-refractivity contribution in [3.8, 4) is 6.26 Å². The van der Waals surface area contributed by atoms with Gasteiger partial charge in [0.15, 0.2) is 0 Å². The molecule has 3 fully saturated rings. The van der Waals surface area contributed by atoms with Gasteiger partial charge in [-0.1, -0.05) is 25.5 Å². The Balaban J connectivity index is 1.71. The number of aliphatic hydroxyl groups is 2. The number of rotatable bonds is 3. The summed E-state index contributed by atoms with van der Waals surface area (Å²) in [5.74, 6) is 0.925. The zero-order valence-electron chi connectivity index (χ0n) is 18.4.